The molecule has 0 spiro atoms. The molecule has 2 atom stereocenters. The van der Waals surface area contributed by atoms with E-state index in [0.717, 1.165) is 6.42 Å². The molecule has 0 amide bonds. The first-order valence-corrected chi connectivity index (χ1v) is 3.67. The third-order valence-corrected chi connectivity index (χ3v) is 2.23. The monoisotopic (exact) mass is 159 g/mol. The predicted octanol–water partition coefficient (Wildman–Crippen LogP) is -0.598. The van der Waals surface area contributed by atoms with E-state index in [0.29, 0.717) is 12.8 Å². The molecule has 1 aliphatic carbocycles. The standard InChI is InChI=1S/C7H13NO3/c1-11-6(9)7(10)4-2-3-5(7)8/h5,10H,2-4,8H2,1H3. The van der Waals surface area contributed by atoms with Crippen LogP contribution in [0.1, 0.15) is 19.3 Å². The maximum Gasteiger partial charge on any atom is 0.339 e. The predicted molar refractivity (Wildman–Crippen MR) is 38.8 cm³/mol. The van der Waals surface area contributed by atoms with Crippen LogP contribution in [0.3, 0.4) is 0 Å². The van der Waals surface area contributed by atoms with Crippen molar-refractivity contribution in [2.75, 3.05) is 7.11 Å². The Labute approximate surface area is 65.3 Å². The Bertz CT molecular complexity index is 171. The highest BCUT2D eigenvalue weighted by molar-refractivity contribution is 5.80. The van der Waals surface area contributed by atoms with Crippen LogP contribution in [0.15, 0.2) is 0 Å². The van der Waals surface area contributed by atoms with Gasteiger partial charge in [-0.3, -0.25) is 0 Å². The number of esters is 1. The van der Waals surface area contributed by atoms with Crippen molar-refractivity contribution in [3.05, 3.63) is 0 Å². The quantitative estimate of drug-likeness (QED) is 0.501. The van der Waals surface area contributed by atoms with Gasteiger partial charge in [0.1, 0.15) is 0 Å². The Balaban J connectivity index is 2.72. The molecule has 1 rings (SSSR count). The number of methoxy groups -OCH3 is 1. The fourth-order valence-corrected chi connectivity index (χ4v) is 1.45. The van der Waals surface area contributed by atoms with Crippen molar-refractivity contribution < 1.29 is 14.6 Å². The fraction of sp³-hybridized carbons (Fsp3) is 0.857. The van der Waals surface area contributed by atoms with Gasteiger partial charge < -0.3 is 15.6 Å². The number of nitrogens with two attached hydrogens (primary N) is 1. The van der Waals surface area contributed by atoms with Crippen LogP contribution in [0, 0.1) is 0 Å². The lowest BCUT2D eigenvalue weighted by molar-refractivity contribution is -0.162. The Morgan fingerprint density at radius 2 is 2.45 bits per heavy atom. The topological polar surface area (TPSA) is 72.5 Å². The van der Waals surface area contributed by atoms with Gasteiger partial charge in [0.05, 0.1) is 7.11 Å². The minimum absolute atomic E-state index is 0.418. The maximum atomic E-state index is 11.0. The summed E-state index contributed by atoms with van der Waals surface area (Å²) < 4.78 is 4.44. The number of hydrogen-bond acceptors (Lipinski definition) is 4. The van der Waals surface area contributed by atoms with Gasteiger partial charge in [-0.2, -0.15) is 0 Å². The third-order valence-electron chi connectivity index (χ3n) is 2.23. The smallest absolute Gasteiger partial charge is 0.339 e. The molecule has 1 saturated carbocycles. The van der Waals surface area contributed by atoms with Crippen molar-refractivity contribution in [1.82, 2.24) is 0 Å². The summed E-state index contributed by atoms with van der Waals surface area (Å²) in [5, 5.41) is 9.63. The first kappa shape index (κ1) is 8.49. The van der Waals surface area contributed by atoms with Gasteiger partial charge >= 0.3 is 5.97 Å². The molecule has 4 nitrogen and oxygen atoms in total. The molecule has 2 unspecified atom stereocenters. The van der Waals surface area contributed by atoms with Gasteiger partial charge in [0.15, 0.2) is 5.60 Å². The van der Waals surface area contributed by atoms with E-state index in [1.165, 1.54) is 7.11 Å². The number of carbonyl (C=O) groups excluding carboxylic acids is 1. The Morgan fingerprint density at radius 1 is 1.82 bits per heavy atom. The molecule has 3 N–H and O–H groups in total. The van der Waals surface area contributed by atoms with Crippen molar-refractivity contribution in [1.29, 1.82) is 0 Å². The van der Waals surface area contributed by atoms with Crippen LogP contribution >= 0.6 is 0 Å². The SMILES string of the molecule is COC(=O)C1(O)CCCC1N. The molecule has 0 saturated heterocycles. The number of aliphatic hydroxyl groups is 1. The molecule has 0 bridgehead atoms. The Morgan fingerprint density at radius 3 is 2.82 bits per heavy atom. The summed E-state index contributed by atoms with van der Waals surface area (Å²) in [6, 6.07) is -0.463. The average molecular weight is 159 g/mol. The van der Waals surface area contributed by atoms with Gasteiger partial charge in [0.2, 0.25) is 0 Å². The molecule has 0 aliphatic heterocycles. The summed E-state index contributed by atoms with van der Waals surface area (Å²) in [7, 11) is 1.26. The lowest BCUT2D eigenvalue weighted by atomic mass is 9.99. The molecular weight excluding hydrogens is 146 g/mol. The second kappa shape index (κ2) is 2.79. The van der Waals surface area contributed by atoms with Gasteiger partial charge in [0, 0.05) is 6.04 Å². The molecule has 11 heavy (non-hydrogen) atoms. The van der Waals surface area contributed by atoms with Crippen molar-refractivity contribution in [3.63, 3.8) is 0 Å². The van der Waals surface area contributed by atoms with E-state index in [-0.39, 0.29) is 0 Å². The molecule has 0 aromatic heterocycles. The van der Waals surface area contributed by atoms with E-state index in [9.17, 15) is 9.90 Å². The number of ether oxygens (including phenoxy) is 1. The van der Waals surface area contributed by atoms with Crippen molar-refractivity contribution in [3.8, 4) is 0 Å². The average Bonchev–Trinajstić information content (AvgIpc) is 2.32. The number of rotatable bonds is 1. The van der Waals surface area contributed by atoms with Crippen LogP contribution in [0.4, 0.5) is 0 Å². The lowest BCUT2D eigenvalue weighted by Gasteiger charge is -2.23. The van der Waals surface area contributed by atoms with Gasteiger partial charge in [-0.25, -0.2) is 4.79 Å². The van der Waals surface area contributed by atoms with E-state index in [4.69, 9.17) is 5.73 Å². The molecule has 0 aromatic rings. The molecule has 0 heterocycles. The highest BCUT2D eigenvalue weighted by Gasteiger charge is 2.46. The zero-order chi connectivity index (χ0) is 8.48. The largest absolute Gasteiger partial charge is 0.467 e. The van der Waals surface area contributed by atoms with Crippen LogP contribution in [0.2, 0.25) is 0 Å². The second-order valence-electron chi connectivity index (χ2n) is 2.91. The number of hydrogen-bond donors (Lipinski definition) is 2. The van der Waals surface area contributed by atoms with Crippen LogP contribution in [-0.4, -0.2) is 29.8 Å². The van der Waals surface area contributed by atoms with Crippen LogP contribution in [-0.2, 0) is 9.53 Å². The summed E-state index contributed by atoms with van der Waals surface area (Å²) >= 11 is 0. The Hall–Kier alpha value is -0.610. The third kappa shape index (κ3) is 1.23. The van der Waals surface area contributed by atoms with Gasteiger partial charge in [-0.05, 0) is 19.3 Å². The minimum atomic E-state index is -1.42. The zero-order valence-corrected chi connectivity index (χ0v) is 6.54. The normalized spacial score (nSPS) is 37.2. The molecule has 4 heteroatoms. The van der Waals surface area contributed by atoms with Gasteiger partial charge in [-0.15, -0.1) is 0 Å². The highest BCUT2D eigenvalue weighted by atomic mass is 16.5. The van der Waals surface area contributed by atoms with E-state index < -0.39 is 17.6 Å². The molecule has 64 valence electrons. The zero-order valence-electron chi connectivity index (χ0n) is 6.54. The number of carbonyl (C=O) groups is 1. The summed E-state index contributed by atoms with van der Waals surface area (Å²) in [4.78, 5) is 11.0. The minimum Gasteiger partial charge on any atom is -0.467 e. The first-order chi connectivity index (χ1) is 5.11. The van der Waals surface area contributed by atoms with Crippen LogP contribution in [0.25, 0.3) is 0 Å². The molecule has 0 aromatic carbocycles. The van der Waals surface area contributed by atoms with Crippen molar-refractivity contribution in [2.45, 2.75) is 30.9 Å². The summed E-state index contributed by atoms with van der Waals surface area (Å²) in [6.07, 6.45) is 1.89. The van der Waals surface area contributed by atoms with Crippen molar-refractivity contribution >= 4 is 5.97 Å². The maximum absolute atomic E-state index is 11.0. The van der Waals surface area contributed by atoms with Crippen molar-refractivity contribution in [2.24, 2.45) is 5.73 Å². The molecule has 1 aliphatic rings. The van der Waals surface area contributed by atoms with E-state index >= 15 is 0 Å². The van der Waals surface area contributed by atoms with E-state index in [1.807, 2.05) is 0 Å². The molecular formula is C7H13NO3. The summed E-state index contributed by atoms with van der Waals surface area (Å²) in [6.45, 7) is 0. The highest BCUT2D eigenvalue weighted by Crippen LogP contribution is 2.29. The van der Waals surface area contributed by atoms with Crippen LogP contribution < -0.4 is 5.73 Å². The van der Waals surface area contributed by atoms with E-state index in [1.54, 1.807) is 0 Å². The molecule has 1 fully saturated rings. The fourth-order valence-electron chi connectivity index (χ4n) is 1.45. The Kier molecular flexibility index (Phi) is 2.15. The van der Waals surface area contributed by atoms with Gasteiger partial charge in [-0.1, -0.05) is 0 Å². The second-order valence-corrected chi connectivity index (χ2v) is 2.91. The lowest BCUT2D eigenvalue weighted by Crippen LogP contribution is -2.50. The van der Waals surface area contributed by atoms with Gasteiger partial charge in [0.25, 0.3) is 0 Å². The summed E-state index contributed by atoms with van der Waals surface area (Å²) in [5.41, 5.74) is 4.12. The first-order valence-electron chi connectivity index (χ1n) is 3.67. The molecule has 0 radical (unpaired) electrons. The van der Waals surface area contributed by atoms with Crippen LogP contribution in [0.5, 0.6) is 0 Å². The summed E-state index contributed by atoms with van der Waals surface area (Å²) in [5.74, 6) is -0.609. The van der Waals surface area contributed by atoms with E-state index in [2.05, 4.69) is 4.74 Å².